The molecular weight excluding hydrogens is 394 g/mol. The Morgan fingerprint density at radius 3 is 2.43 bits per heavy atom. The van der Waals surface area contributed by atoms with Gasteiger partial charge in [-0.3, -0.25) is 4.79 Å². The van der Waals surface area contributed by atoms with Crippen LogP contribution < -0.4 is 0 Å². The Hall–Kier alpha value is -2.68. The molecule has 2 aromatic carbocycles. The highest BCUT2D eigenvalue weighted by Crippen LogP contribution is 2.32. The van der Waals surface area contributed by atoms with Crippen LogP contribution in [0.3, 0.4) is 0 Å². The van der Waals surface area contributed by atoms with Crippen LogP contribution in [0.1, 0.15) is 11.4 Å². The van der Waals surface area contributed by atoms with Crippen LogP contribution in [-0.2, 0) is 17.5 Å². The minimum Gasteiger partial charge on any atom is -0.341 e. The lowest BCUT2D eigenvalue weighted by Gasteiger charge is -2.17. The van der Waals surface area contributed by atoms with Gasteiger partial charge >= 0.3 is 6.18 Å². The summed E-state index contributed by atoms with van der Waals surface area (Å²) in [6.07, 6.45) is -4.68. The van der Waals surface area contributed by atoms with Crippen molar-refractivity contribution < 1.29 is 22.4 Å². The summed E-state index contributed by atoms with van der Waals surface area (Å²) < 4.78 is 52.1. The molecule has 1 aromatic heterocycles. The molecule has 9 heteroatoms. The largest absolute Gasteiger partial charge is 0.451 e. The van der Waals surface area contributed by atoms with Gasteiger partial charge in [-0.15, -0.1) is 0 Å². The van der Waals surface area contributed by atoms with Crippen molar-refractivity contribution in [1.82, 2.24) is 14.9 Å². The molecule has 0 radical (unpaired) electrons. The van der Waals surface area contributed by atoms with Gasteiger partial charge in [0.05, 0.1) is 11.3 Å². The first-order valence-electron chi connectivity index (χ1n) is 8.19. The average molecular weight is 409 g/mol. The number of hydrogen-bond acceptors (Lipinski definition) is 4. The summed E-state index contributed by atoms with van der Waals surface area (Å²) in [4.78, 5) is 21.0. The van der Waals surface area contributed by atoms with Crippen molar-refractivity contribution in [2.45, 2.75) is 17.7 Å². The highest BCUT2D eigenvalue weighted by atomic mass is 32.2. The van der Waals surface area contributed by atoms with Gasteiger partial charge in [-0.05, 0) is 23.8 Å². The molecule has 0 atom stereocenters. The normalized spacial score (nSPS) is 11.6. The Labute approximate surface area is 162 Å². The minimum atomic E-state index is -4.68. The molecular formula is C19H15F4N3OS. The molecule has 3 rings (SSSR count). The average Bonchev–Trinajstić information content (AvgIpc) is 2.66. The third-order valence-electron chi connectivity index (χ3n) is 3.91. The maximum absolute atomic E-state index is 13.1. The number of nitrogens with zero attached hydrogens (tertiary/aromatic N) is 3. The van der Waals surface area contributed by atoms with Crippen molar-refractivity contribution in [3.63, 3.8) is 0 Å². The van der Waals surface area contributed by atoms with E-state index in [1.807, 2.05) is 0 Å². The maximum atomic E-state index is 13.1. The van der Waals surface area contributed by atoms with Gasteiger partial charge in [0.1, 0.15) is 10.8 Å². The second-order valence-corrected chi connectivity index (χ2v) is 7.00. The molecule has 1 heterocycles. The lowest BCUT2D eigenvalue weighted by Crippen LogP contribution is -2.27. The van der Waals surface area contributed by atoms with Crippen molar-refractivity contribution >= 4 is 28.6 Å². The fraction of sp³-hybridized carbons (Fsp3) is 0.211. The Kier molecular flexibility index (Phi) is 5.83. The second kappa shape index (κ2) is 8.14. The van der Waals surface area contributed by atoms with Crippen LogP contribution in [-0.4, -0.2) is 33.6 Å². The third kappa shape index (κ3) is 4.78. The molecule has 0 fully saturated rings. The van der Waals surface area contributed by atoms with Crippen LogP contribution in [0.5, 0.6) is 0 Å². The lowest BCUT2D eigenvalue weighted by molar-refractivity contribution is -0.145. The van der Waals surface area contributed by atoms with Crippen molar-refractivity contribution in [2.24, 2.45) is 0 Å². The number of benzene rings is 2. The number of rotatable bonds is 5. The number of halogens is 4. The number of para-hydroxylation sites is 1. The van der Waals surface area contributed by atoms with E-state index in [0.29, 0.717) is 5.39 Å². The van der Waals surface area contributed by atoms with E-state index < -0.39 is 12.0 Å². The molecule has 0 aliphatic carbocycles. The van der Waals surface area contributed by atoms with Gasteiger partial charge < -0.3 is 4.90 Å². The molecule has 0 N–H and O–H groups in total. The molecule has 0 aliphatic rings. The van der Waals surface area contributed by atoms with E-state index in [4.69, 9.17) is 0 Å². The van der Waals surface area contributed by atoms with Crippen molar-refractivity contribution in [1.29, 1.82) is 0 Å². The van der Waals surface area contributed by atoms with Crippen LogP contribution in [0.2, 0.25) is 0 Å². The summed E-state index contributed by atoms with van der Waals surface area (Å²) in [5.41, 5.74) is 0.911. The first-order chi connectivity index (χ1) is 13.2. The molecule has 0 bridgehead atoms. The van der Waals surface area contributed by atoms with Crippen LogP contribution in [0, 0.1) is 5.82 Å². The van der Waals surface area contributed by atoms with Gasteiger partial charge in [0, 0.05) is 19.0 Å². The van der Waals surface area contributed by atoms with Crippen LogP contribution in [0.15, 0.2) is 53.6 Å². The fourth-order valence-electron chi connectivity index (χ4n) is 2.48. The number of aromatic nitrogens is 2. The maximum Gasteiger partial charge on any atom is 0.451 e. The van der Waals surface area contributed by atoms with E-state index >= 15 is 0 Å². The number of amides is 1. The summed E-state index contributed by atoms with van der Waals surface area (Å²) in [5, 5.41) is 0.552. The van der Waals surface area contributed by atoms with Crippen LogP contribution in [0.25, 0.3) is 10.9 Å². The molecule has 0 saturated heterocycles. The number of thioether (sulfide) groups is 1. The number of fused-ring (bicyclic) bond motifs is 1. The van der Waals surface area contributed by atoms with Crippen molar-refractivity contribution in [3.05, 3.63) is 65.7 Å². The first kappa shape index (κ1) is 20.1. The molecule has 0 aliphatic heterocycles. The van der Waals surface area contributed by atoms with Gasteiger partial charge in [-0.2, -0.15) is 13.2 Å². The van der Waals surface area contributed by atoms with E-state index in [1.165, 1.54) is 23.1 Å². The summed E-state index contributed by atoms with van der Waals surface area (Å²) in [6, 6.07) is 12.1. The van der Waals surface area contributed by atoms with Gasteiger partial charge in [0.2, 0.25) is 11.7 Å². The summed E-state index contributed by atoms with van der Waals surface area (Å²) in [5.74, 6) is -1.98. The van der Waals surface area contributed by atoms with Crippen molar-refractivity contribution in [2.75, 3.05) is 12.8 Å². The predicted molar refractivity (Wildman–Crippen MR) is 98.1 cm³/mol. The number of hydrogen-bond donors (Lipinski definition) is 0. The Morgan fingerprint density at radius 2 is 1.75 bits per heavy atom. The molecule has 0 saturated carbocycles. The van der Waals surface area contributed by atoms with Gasteiger partial charge in [0.25, 0.3) is 0 Å². The Morgan fingerprint density at radius 1 is 1.07 bits per heavy atom. The topological polar surface area (TPSA) is 46.1 Å². The van der Waals surface area contributed by atoms with Crippen LogP contribution in [0.4, 0.5) is 17.6 Å². The molecule has 0 spiro atoms. The quantitative estimate of drug-likeness (QED) is 0.353. The Balaban J connectivity index is 1.75. The predicted octanol–water partition coefficient (Wildman–Crippen LogP) is 4.54. The number of carbonyl (C=O) groups is 1. The van der Waals surface area contributed by atoms with Gasteiger partial charge in [-0.25, -0.2) is 14.4 Å². The monoisotopic (exact) mass is 409 g/mol. The Bertz CT molecular complexity index is 993. The highest BCUT2D eigenvalue weighted by molar-refractivity contribution is 8.00. The lowest BCUT2D eigenvalue weighted by atomic mass is 10.2. The first-order valence-corrected chi connectivity index (χ1v) is 9.18. The van der Waals surface area contributed by atoms with Gasteiger partial charge in [-0.1, -0.05) is 42.1 Å². The smallest absolute Gasteiger partial charge is 0.341 e. The summed E-state index contributed by atoms with van der Waals surface area (Å²) in [7, 11) is 1.57. The molecule has 3 aromatic rings. The fourth-order valence-corrected chi connectivity index (χ4v) is 3.44. The zero-order chi connectivity index (χ0) is 20.3. The highest BCUT2D eigenvalue weighted by Gasteiger charge is 2.35. The minimum absolute atomic E-state index is 0.0873. The van der Waals surface area contributed by atoms with E-state index in [2.05, 4.69) is 9.97 Å². The van der Waals surface area contributed by atoms with Crippen LogP contribution >= 0.6 is 11.8 Å². The summed E-state index contributed by atoms with van der Waals surface area (Å²) >= 11 is 0.927. The molecule has 146 valence electrons. The number of alkyl halides is 3. The van der Waals surface area contributed by atoms with E-state index in [-0.39, 0.29) is 34.6 Å². The van der Waals surface area contributed by atoms with E-state index in [9.17, 15) is 22.4 Å². The second-order valence-electron chi connectivity index (χ2n) is 6.03. The van der Waals surface area contributed by atoms with Gasteiger partial charge in [0.15, 0.2) is 0 Å². The zero-order valence-electron chi connectivity index (χ0n) is 14.7. The molecule has 4 nitrogen and oxygen atoms in total. The number of carbonyl (C=O) groups excluding carboxylic acids is 1. The summed E-state index contributed by atoms with van der Waals surface area (Å²) in [6.45, 7) is 0.262. The van der Waals surface area contributed by atoms with E-state index in [0.717, 1.165) is 17.3 Å². The molecule has 0 unspecified atom stereocenters. The SMILES string of the molecule is CN(Cc1ccc(F)cc1)C(=O)CSc1nc(C(F)(F)F)nc2ccccc12. The van der Waals surface area contributed by atoms with E-state index in [1.54, 1.807) is 37.4 Å². The van der Waals surface area contributed by atoms with Crippen molar-refractivity contribution in [3.8, 4) is 0 Å². The third-order valence-corrected chi connectivity index (χ3v) is 4.89. The molecule has 1 amide bonds. The molecule has 28 heavy (non-hydrogen) atoms. The zero-order valence-corrected chi connectivity index (χ0v) is 15.5. The standard InChI is InChI=1S/C19H15F4N3OS/c1-26(10-12-6-8-13(20)9-7-12)16(27)11-28-17-14-4-2-3-5-15(14)24-18(25-17)19(21,22)23/h2-9H,10-11H2,1H3.